The predicted octanol–water partition coefficient (Wildman–Crippen LogP) is 2.83. The van der Waals surface area contributed by atoms with Gasteiger partial charge in [-0.2, -0.15) is 0 Å². The molecule has 0 aliphatic carbocycles. The average Bonchev–Trinajstić information content (AvgIpc) is 3.11. The molecule has 0 spiro atoms. The van der Waals surface area contributed by atoms with Crippen LogP contribution >= 0.6 is 0 Å². The number of piperazine rings is 1. The lowest BCUT2D eigenvalue weighted by Gasteiger charge is -2.39. The number of aromatic amines is 1. The van der Waals surface area contributed by atoms with E-state index in [9.17, 15) is 9.59 Å². The van der Waals surface area contributed by atoms with Crippen molar-refractivity contribution in [3.63, 3.8) is 0 Å². The van der Waals surface area contributed by atoms with Gasteiger partial charge in [0.05, 0.1) is 5.92 Å². The molecule has 1 atom stereocenters. The molecule has 154 valence electrons. The molecule has 0 saturated carbocycles. The summed E-state index contributed by atoms with van der Waals surface area (Å²) in [4.78, 5) is 35.4. The van der Waals surface area contributed by atoms with Crippen molar-refractivity contribution in [1.29, 1.82) is 0 Å². The summed E-state index contributed by atoms with van der Waals surface area (Å²) in [7, 11) is 0. The van der Waals surface area contributed by atoms with Crippen molar-refractivity contribution in [2.75, 3.05) is 44.2 Å². The minimum atomic E-state index is -0.0904. The molecule has 1 unspecified atom stereocenters. The van der Waals surface area contributed by atoms with Gasteiger partial charge in [0.15, 0.2) is 0 Å². The van der Waals surface area contributed by atoms with Crippen molar-refractivity contribution in [3.05, 3.63) is 53.3 Å². The summed E-state index contributed by atoms with van der Waals surface area (Å²) in [5.41, 5.74) is 3.84. The molecule has 6 nitrogen and oxygen atoms in total. The van der Waals surface area contributed by atoms with Gasteiger partial charge in [-0.05, 0) is 50.5 Å². The number of hydrogen-bond acceptors (Lipinski definition) is 3. The fourth-order valence-corrected chi connectivity index (χ4v) is 4.55. The Labute approximate surface area is 172 Å². The molecule has 0 radical (unpaired) electrons. The summed E-state index contributed by atoms with van der Waals surface area (Å²) < 4.78 is 0. The molecule has 1 N–H and O–H groups in total. The number of carbonyl (C=O) groups is 2. The fraction of sp³-hybridized carbons (Fsp3) is 0.478. The zero-order valence-electron chi connectivity index (χ0n) is 17.4. The topological polar surface area (TPSA) is 59.7 Å². The number of carbonyl (C=O) groups excluding carboxylic acids is 2. The number of amides is 2. The van der Waals surface area contributed by atoms with Gasteiger partial charge in [-0.1, -0.05) is 18.2 Å². The van der Waals surface area contributed by atoms with Gasteiger partial charge < -0.3 is 19.7 Å². The van der Waals surface area contributed by atoms with E-state index in [1.807, 2.05) is 47.9 Å². The standard InChI is InChI=1S/C23H30N4O2/c1-17-15-18(2)24-21(17)23(29)27-10-6-7-19(16-27)22(28)26-13-11-25(12-14-26)20-8-4-3-5-9-20/h3-5,8-9,15,19,24H,6-7,10-14,16H2,1-2H3. The van der Waals surface area contributed by atoms with E-state index in [1.165, 1.54) is 5.69 Å². The van der Waals surface area contributed by atoms with Gasteiger partial charge in [-0.15, -0.1) is 0 Å². The van der Waals surface area contributed by atoms with Crippen molar-refractivity contribution in [2.24, 2.45) is 5.92 Å². The number of aromatic nitrogens is 1. The molecular formula is C23H30N4O2. The Bertz CT molecular complexity index is 868. The first-order valence-corrected chi connectivity index (χ1v) is 10.6. The molecule has 2 aliphatic heterocycles. The van der Waals surface area contributed by atoms with E-state index >= 15 is 0 Å². The van der Waals surface area contributed by atoms with Crippen LogP contribution in [0.5, 0.6) is 0 Å². The van der Waals surface area contributed by atoms with Crippen LogP contribution in [0.1, 0.15) is 34.6 Å². The highest BCUT2D eigenvalue weighted by molar-refractivity contribution is 5.94. The third-order valence-electron chi connectivity index (χ3n) is 6.13. The molecule has 29 heavy (non-hydrogen) atoms. The highest BCUT2D eigenvalue weighted by atomic mass is 16.2. The van der Waals surface area contributed by atoms with Crippen molar-refractivity contribution >= 4 is 17.5 Å². The summed E-state index contributed by atoms with van der Waals surface area (Å²) >= 11 is 0. The van der Waals surface area contributed by atoms with Crippen LogP contribution in [0.25, 0.3) is 0 Å². The highest BCUT2D eigenvalue weighted by Crippen LogP contribution is 2.23. The lowest BCUT2D eigenvalue weighted by atomic mass is 9.95. The number of benzene rings is 1. The molecular weight excluding hydrogens is 364 g/mol. The zero-order valence-corrected chi connectivity index (χ0v) is 17.4. The van der Waals surface area contributed by atoms with Crippen LogP contribution in [-0.4, -0.2) is 65.9 Å². The minimum absolute atomic E-state index is 0.0157. The van der Waals surface area contributed by atoms with Crippen molar-refractivity contribution in [1.82, 2.24) is 14.8 Å². The minimum Gasteiger partial charge on any atom is -0.368 e. The third kappa shape index (κ3) is 4.16. The van der Waals surface area contributed by atoms with Gasteiger partial charge in [0.25, 0.3) is 5.91 Å². The van der Waals surface area contributed by atoms with Crippen molar-refractivity contribution < 1.29 is 9.59 Å². The van der Waals surface area contributed by atoms with Gasteiger partial charge in [-0.3, -0.25) is 9.59 Å². The molecule has 0 bridgehead atoms. The molecule has 6 heteroatoms. The molecule has 3 heterocycles. The second kappa shape index (κ2) is 8.31. The largest absolute Gasteiger partial charge is 0.368 e. The normalized spacial score (nSPS) is 20.1. The average molecular weight is 395 g/mol. The van der Waals surface area contributed by atoms with Gasteiger partial charge in [0, 0.05) is 50.6 Å². The number of rotatable bonds is 3. The van der Waals surface area contributed by atoms with Crippen LogP contribution in [0.4, 0.5) is 5.69 Å². The van der Waals surface area contributed by atoms with E-state index in [0.717, 1.165) is 56.8 Å². The Morgan fingerprint density at radius 3 is 2.34 bits per heavy atom. The Morgan fingerprint density at radius 2 is 1.69 bits per heavy atom. The number of nitrogens with one attached hydrogen (secondary N) is 1. The summed E-state index contributed by atoms with van der Waals surface area (Å²) in [6, 6.07) is 12.3. The Kier molecular flexibility index (Phi) is 5.60. The summed E-state index contributed by atoms with van der Waals surface area (Å²) in [5.74, 6) is 0.129. The second-order valence-electron chi connectivity index (χ2n) is 8.25. The van der Waals surface area contributed by atoms with E-state index < -0.39 is 0 Å². The molecule has 2 aliphatic rings. The number of anilines is 1. The first kappa shape index (κ1) is 19.6. The van der Waals surface area contributed by atoms with E-state index in [-0.39, 0.29) is 17.7 Å². The molecule has 2 saturated heterocycles. The third-order valence-corrected chi connectivity index (χ3v) is 6.13. The first-order chi connectivity index (χ1) is 14.0. The Balaban J connectivity index is 1.35. The first-order valence-electron chi connectivity index (χ1n) is 10.6. The molecule has 1 aromatic heterocycles. The number of hydrogen-bond donors (Lipinski definition) is 1. The number of para-hydroxylation sites is 1. The van der Waals surface area contributed by atoms with E-state index in [1.54, 1.807) is 0 Å². The molecule has 2 fully saturated rings. The smallest absolute Gasteiger partial charge is 0.270 e. The maximum Gasteiger partial charge on any atom is 0.270 e. The summed E-state index contributed by atoms with van der Waals surface area (Å²) in [6.45, 7) is 8.35. The van der Waals surface area contributed by atoms with Crippen molar-refractivity contribution in [3.8, 4) is 0 Å². The van der Waals surface area contributed by atoms with E-state index in [0.29, 0.717) is 12.2 Å². The maximum atomic E-state index is 13.1. The summed E-state index contributed by atoms with van der Waals surface area (Å²) in [6.07, 6.45) is 1.75. The molecule has 1 aromatic carbocycles. The SMILES string of the molecule is Cc1cc(C)c(C(=O)N2CCCC(C(=O)N3CCN(c4ccccc4)CC3)C2)[nH]1. The Morgan fingerprint density at radius 1 is 0.966 bits per heavy atom. The van der Waals surface area contributed by atoms with Crippen LogP contribution in [0, 0.1) is 19.8 Å². The van der Waals surface area contributed by atoms with Crippen LogP contribution < -0.4 is 4.90 Å². The lowest BCUT2D eigenvalue weighted by Crippen LogP contribution is -2.53. The number of H-pyrrole nitrogens is 1. The Hall–Kier alpha value is -2.76. The van der Waals surface area contributed by atoms with Gasteiger partial charge in [0.2, 0.25) is 5.91 Å². The monoisotopic (exact) mass is 394 g/mol. The summed E-state index contributed by atoms with van der Waals surface area (Å²) in [5, 5.41) is 0. The molecule has 2 amide bonds. The number of piperidine rings is 1. The van der Waals surface area contributed by atoms with Gasteiger partial charge in [-0.25, -0.2) is 0 Å². The zero-order chi connectivity index (χ0) is 20.4. The van der Waals surface area contributed by atoms with Crippen LogP contribution in [0.3, 0.4) is 0 Å². The van der Waals surface area contributed by atoms with Crippen LogP contribution in [0.15, 0.2) is 36.4 Å². The highest BCUT2D eigenvalue weighted by Gasteiger charge is 2.33. The van der Waals surface area contributed by atoms with Crippen LogP contribution in [0.2, 0.25) is 0 Å². The maximum absolute atomic E-state index is 13.1. The molecule has 2 aromatic rings. The van der Waals surface area contributed by atoms with Crippen molar-refractivity contribution in [2.45, 2.75) is 26.7 Å². The number of likely N-dealkylation sites (tertiary alicyclic amines) is 1. The van der Waals surface area contributed by atoms with Crippen LogP contribution in [-0.2, 0) is 4.79 Å². The van der Waals surface area contributed by atoms with Gasteiger partial charge >= 0.3 is 0 Å². The van der Waals surface area contributed by atoms with E-state index in [2.05, 4.69) is 22.0 Å². The second-order valence-corrected chi connectivity index (χ2v) is 8.25. The quantitative estimate of drug-likeness (QED) is 0.871. The number of nitrogens with zero attached hydrogens (tertiary/aromatic N) is 3. The molecule has 4 rings (SSSR count). The fourth-order valence-electron chi connectivity index (χ4n) is 4.55. The van der Waals surface area contributed by atoms with E-state index in [4.69, 9.17) is 0 Å². The van der Waals surface area contributed by atoms with Gasteiger partial charge in [0.1, 0.15) is 5.69 Å². The lowest BCUT2D eigenvalue weighted by molar-refractivity contribution is -0.137. The predicted molar refractivity (Wildman–Crippen MR) is 114 cm³/mol. The number of aryl methyl sites for hydroxylation is 2.